The predicted octanol–water partition coefficient (Wildman–Crippen LogP) is 3.58. The van der Waals surface area contributed by atoms with Gasteiger partial charge in [-0.25, -0.2) is 9.59 Å². The quantitative estimate of drug-likeness (QED) is 0.615. The topological polar surface area (TPSA) is 100 Å². The molecule has 0 saturated heterocycles. The summed E-state index contributed by atoms with van der Waals surface area (Å²) in [7, 11) is 0. The second-order valence-electron chi connectivity index (χ2n) is 6.24. The summed E-state index contributed by atoms with van der Waals surface area (Å²) in [6, 6.07) is 14.7. The molecule has 0 atom stereocenters. The lowest BCUT2D eigenvalue weighted by Gasteiger charge is -2.14. The molecule has 0 aliphatic heterocycles. The number of nitrogens with one attached hydrogen (secondary N) is 3. The van der Waals surface area contributed by atoms with Crippen molar-refractivity contribution in [2.45, 2.75) is 19.9 Å². The molecule has 0 aliphatic carbocycles. The first-order valence-electron chi connectivity index (χ1n) is 8.45. The summed E-state index contributed by atoms with van der Waals surface area (Å²) in [5.74, 6) is -0.618. The Morgan fingerprint density at radius 3 is 2.26 bits per heavy atom. The van der Waals surface area contributed by atoms with Crippen molar-refractivity contribution in [3.8, 4) is 0 Å². The molecule has 0 unspecified atom stereocenters. The minimum atomic E-state index is -0.728. The molecule has 0 bridgehead atoms. The van der Waals surface area contributed by atoms with Gasteiger partial charge in [-0.1, -0.05) is 30.3 Å². The lowest BCUT2D eigenvalue weighted by Crippen LogP contribution is -2.34. The average molecular weight is 365 g/mol. The van der Waals surface area contributed by atoms with Crippen LogP contribution in [0.5, 0.6) is 0 Å². The fraction of sp³-hybridized carbons (Fsp3) is 0.150. The van der Waals surface area contributed by atoms with Gasteiger partial charge in [0.1, 0.15) is 11.1 Å². The smallest absolute Gasteiger partial charge is 0.349 e. The Morgan fingerprint density at radius 1 is 0.926 bits per heavy atom. The zero-order chi connectivity index (χ0) is 19.4. The minimum Gasteiger partial charge on any atom is -0.422 e. The van der Waals surface area contributed by atoms with Gasteiger partial charge in [0.2, 0.25) is 0 Å². The number of para-hydroxylation sites is 3. The summed E-state index contributed by atoms with van der Waals surface area (Å²) in [6.45, 7) is 3.68. The summed E-state index contributed by atoms with van der Waals surface area (Å²) < 4.78 is 5.19. The van der Waals surface area contributed by atoms with Gasteiger partial charge in [-0.05, 0) is 38.1 Å². The Bertz CT molecular complexity index is 1060. The van der Waals surface area contributed by atoms with Gasteiger partial charge in [0.05, 0.1) is 11.4 Å². The number of carbonyl (C=O) groups is 2. The number of urea groups is 1. The molecule has 3 amide bonds. The molecule has 0 saturated carbocycles. The zero-order valence-corrected chi connectivity index (χ0v) is 14.9. The fourth-order valence-corrected chi connectivity index (χ4v) is 2.53. The molecule has 3 N–H and O–H groups in total. The molecule has 138 valence electrons. The van der Waals surface area contributed by atoms with E-state index < -0.39 is 17.6 Å². The third kappa shape index (κ3) is 4.33. The van der Waals surface area contributed by atoms with Crippen LogP contribution >= 0.6 is 0 Å². The van der Waals surface area contributed by atoms with Gasteiger partial charge >= 0.3 is 11.7 Å². The van der Waals surface area contributed by atoms with Crippen molar-refractivity contribution in [1.29, 1.82) is 0 Å². The van der Waals surface area contributed by atoms with E-state index in [0.29, 0.717) is 22.3 Å². The molecule has 3 rings (SSSR count). The van der Waals surface area contributed by atoms with E-state index in [0.717, 1.165) is 0 Å². The van der Waals surface area contributed by atoms with Crippen LogP contribution in [0.1, 0.15) is 24.2 Å². The Labute approximate surface area is 155 Å². The molecular formula is C20H19N3O4. The lowest BCUT2D eigenvalue weighted by molar-refractivity contribution is 0.102. The molecule has 1 heterocycles. The number of anilines is 2. The standard InChI is InChI=1S/C20H19N3O4/c1-12(2)21-20(26)23-16-9-5-4-8-15(16)22-18(24)14-11-13-7-3-6-10-17(13)27-19(14)25/h3-12H,1-2H3,(H,22,24)(H2,21,23,26). The van der Waals surface area contributed by atoms with Crippen LogP contribution in [0.4, 0.5) is 16.2 Å². The number of hydrogen-bond acceptors (Lipinski definition) is 4. The second kappa shape index (κ2) is 7.74. The predicted molar refractivity (Wildman–Crippen MR) is 104 cm³/mol. The third-order valence-corrected chi connectivity index (χ3v) is 3.73. The Balaban J connectivity index is 1.85. The van der Waals surface area contributed by atoms with Gasteiger partial charge in [-0.2, -0.15) is 0 Å². The first-order chi connectivity index (χ1) is 12.9. The Hall–Kier alpha value is -3.61. The summed E-state index contributed by atoms with van der Waals surface area (Å²) in [6.07, 6.45) is 0. The average Bonchev–Trinajstić information content (AvgIpc) is 2.62. The molecule has 7 nitrogen and oxygen atoms in total. The first-order valence-corrected chi connectivity index (χ1v) is 8.45. The van der Waals surface area contributed by atoms with Crippen LogP contribution in [-0.4, -0.2) is 18.0 Å². The third-order valence-electron chi connectivity index (χ3n) is 3.73. The SMILES string of the molecule is CC(C)NC(=O)Nc1ccccc1NC(=O)c1cc2ccccc2oc1=O. The molecule has 3 aromatic rings. The highest BCUT2D eigenvalue weighted by molar-refractivity contribution is 6.08. The van der Waals surface area contributed by atoms with E-state index >= 15 is 0 Å². The first kappa shape index (κ1) is 18.2. The monoisotopic (exact) mass is 365 g/mol. The summed E-state index contributed by atoms with van der Waals surface area (Å²) >= 11 is 0. The Morgan fingerprint density at radius 2 is 1.56 bits per heavy atom. The van der Waals surface area contributed by atoms with E-state index in [9.17, 15) is 14.4 Å². The highest BCUT2D eigenvalue weighted by Crippen LogP contribution is 2.22. The number of amides is 3. The largest absolute Gasteiger partial charge is 0.422 e. The number of rotatable bonds is 4. The van der Waals surface area contributed by atoms with Crippen LogP contribution < -0.4 is 21.6 Å². The summed E-state index contributed by atoms with van der Waals surface area (Å²) in [5, 5.41) is 8.67. The van der Waals surface area contributed by atoms with Crippen LogP contribution in [0.15, 0.2) is 63.8 Å². The maximum absolute atomic E-state index is 12.6. The van der Waals surface area contributed by atoms with Crippen molar-refractivity contribution in [3.05, 3.63) is 70.6 Å². The molecule has 7 heteroatoms. The molecule has 0 fully saturated rings. The van der Waals surface area contributed by atoms with Gasteiger partial charge in [0, 0.05) is 11.4 Å². The van der Waals surface area contributed by atoms with Crippen molar-refractivity contribution in [2.75, 3.05) is 10.6 Å². The fourth-order valence-electron chi connectivity index (χ4n) is 2.53. The normalized spacial score (nSPS) is 10.6. The highest BCUT2D eigenvalue weighted by atomic mass is 16.4. The number of fused-ring (bicyclic) bond motifs is 1. The van der Waals surface area contributed by atoms with Crippen molar-refractivity contribution >= 4 is 34.3 Å². The maximum Gasteiger partial charge on any atom is 0.349 e. The van der Waals surface area contributed by atoms with Gasteiger partial charge in [-0.3, -0.25) is 4.79 Å². The molecule has 0 radical (unpaired) electrons. The van der Waals surface area contributed by atoms with E-state index in [2.05, 4.69) is 16.0 Å². The van der Waals surface area contributed by atoms with Crippen LogP contribution in [0, 0.1) is 0 Å². The minimum absolute atomic E-state index is 0.0333. The molecule has 0 spiro atoms. The summed E-state index contributed by atoms with van der Waals surface area (Å²) in [5.41, 5.74) is 0.346. The highest BCUT2D eigenvalue weighted by Gasteiger charge is 2.16. The van der Waals surface area contributed by atoms with Crippen molar-refractivity contribution in [2.24, 2.45) is 0 Å². The maximum atomic E-state index is 12.6. The molecule has 2 aromatic carbocycles. The van der Waals surface area contributed by atoms with Crippen molar-refractivity contribution in [3.63, 3.8) is 0 Å². The van der Waals surface area contributed by atoms with Crippen molar-refractivity contribution < 1.29 is 14.0 Å². The molecular weight excluding hydrogens is 346 g/mol. The van der Waals surface area contributed by atoms with Crippen LogP contribution in [0.3, 0.4) is 0 Å². The van der Waals surface area contributed by atoms with Crippen LogP contribution in [0.25, 0.3) is 11.0 Å². The second-order valence-corrected chi connectivity index (χ2v) is 6.24. The lowest BCUT2D eigenvalue weighted by atomic mass is 10.1. The van der Waals surface area contributed by atoms with Gasteiger partial charge in [0.15, 0.2) is 0 Å². The van der Waals surface area contributed by atoms with E-state index in [1.54, 1.807) is 48.5 Å². The zero-order valence-electron chi connectivity index (χ0n) is 14.9. The van der Waals surface area contributed by atoms with Gasteiger partial charge in [-0.15, -0.1) is 0 Å². The van der Waals surface area contributed by atoms with Gasteiger partial charge < -0.3 is 20.4 Å². The van der Waals surface area contributed by atoms with Crippen LogP contribution in [0.2, 0.25) is 0 Å². The molecule has 27 heavy (non-hydrogen) atoms. The van der Waals surface area contributed by atoms with Gasteiger partial charge in [0.25, 0.3) is 5.91 Å². The van der Waals surface area contributed by atoms with Crippen molar-refractivity contribution in [1.82, 2.24) is 5.32 Å². The van der Waals surface area contributed by atoms with Crippen LogP contribution in [-0.2, 0) is 0 Å². The van der Waals surface area contributed by atoms with E-state index in [4.69, 9.17) is 4.42 Å². The van der Waals surface area contributed by atoms with E-state index in [1.807, 2.05) is 13.8 Å². The van der Waals surface area contributed by atoms with E-state index in [1.165, 1.54) is 6.07 Å². The Kier molecular flexibility index (Phi) is 5.21. The molecule has 1 aromatic heterocycles. The summed E-state index contributed by atoms with van der Waals surface area (Å²) in [4.78, 5) is 36.7. The number of benzene rings is 2. The number of hydrogen-bond donors (Lipinski definition) is 3. The van der Waals surface area contributed by atoms with E-state index in [-0.39, 0.29) is 11.6 Å². The number of carbonyl (C=O) groups excluding carboxylic acids is 2. The molecule has 0 aliphatic rings.